The minimum absolute atomic E-state index is 0.589. The van der Waals surface area contributed by atoms with Gasteiger partial charge in [0.15, 0.2) is 0 Å². The molecule has 0 aliphatic heterocycles. The maximum Gasteiger partial charge on any atom is 0.111 e. The zero-order valence-electron chi connectivity index (χ0n) is 12.1. The first-order valence-corrected chi connectivity index (χ1v) is 7.73. The number of rotatable bonds is 5. The summed E-state index contributed by atoms with van der Waals surface area (Å²) in [6.45, 7) is 3.01. The van der Waals surface area contributed by atoms with Crippen LogP contribution in [-0.4, -0.2) is 20.4 Å². The molecule has 108 valence electrons. The lowest BCUT2D eigenvalue weighted by Gasteiger charge is -2.09. The molecule has 0 fully saturated rings. The molecule has 0 radical (unpaired) electrons. The molecule has 0 saturated heterocycles. The van der Waals surface area contributed by atoms with Crippen molar-refractivity contribution in [2.75, 3.05) is 5.88 Å². The second-order valence-electron chi connectivity index (χ2n) is 5.13. The number of aryl methyl sites for hydroxylation is 4. The van der Waals surface area contributed by atoms with Gasteiger partial charge in [0.2, 0.25) is 0 Å². The van der Waals surface area contributed by atoms with Crippen LogP contribution in [-0.2, 0) is 19.4 Å². The van der Waals surface area contributed by atoms with E-state index in [1.54, 1.807) is 0 Å². The number of para-hydroxylation sites is 1. The van der Waals surface area contributed by atoms with Gasteiger partial charge in [0, 0.05) is 37.2 Å². The van der Waals surface area contributed by atoms with E-state index in [4.69, 9.17) is 16.6 Å². The van der Waals surface area contributed by atoms with E-state index in [2.05, 4.69) is 40.7 Å². The zero-order valence-corrected chi connectivity index (χ0v) is 12.8. The second-order valence-corrected chi connectivity index (χ2v) is 5.51. The number of benzene rings is 1. The maximum absolute atomic E-state index is 5.93. The number of halogens is 1. The average Bonchev–Trinajstić information content (AvgIpc) is 2.85. The van der Waals surface area contributed by atoms with Crippen molar-refractivity contribution in [1.82, 2.24) is 14.5 Å². The molecule has 0 amide bonds. The number of nitrogens with zero attached hydrogens (tertiary/aromatic N) is 3. The fraction of sp³-hybridized carbons (Fsp3) is 0.294. The van der Waals surface area contributed by atoms with Gasteiger partial charge in [0.25, 0.3) is 0 Å². The zero-order chi connectivity index (χ0) is 14.7. The van der Waals surface area contributed by atoms with Gasteiger partial charge in [-0.15, -0.1) is 11.6 Å². The molecule has 0 aliphatic rings. The Morgan fingerprint density at radius 2 is 2.00 bits per heavy atom. The third-order valence-corrected chi connectivity index (χ3v) is 3.87. The van der Waals surface area contributed by atoms with Crippen molar-refractivity contribution >= 4 is 22.6 Å². The van der Waals surface area contributed by atoms with Gasteiger partial charge in [0.1, 0.15) is 5.82 Å². The molecule has 21 heavy (non-hydrogen) atoms. The largest absolute Gasteiger partial charge is 0.327 e. The molecular weight excluding hydrogens is 282 g/mol. The van der Waals surface area contributed by atoms with Crippen LogP contribution in [0.1, 0.15) is 17.1 Å². The summed E-state index contributed by atoms with van der Waals surface area (Å²) in [6.07, 6.45) is 3.53. The highest BCUT2D eigenvalue weighted by Crippen LogP contribution is 2.21. The molecule has 3 nitrogen and oxygen atoms in total. The Balaban J connectivity index is 1.97. The van der Waals surface area contributed by atoms with E-state index in [0.29, 0.717) is 5.88 Å². The summed E-state index contributed by atoms with van der Waals surface area (Å²) < 4.78 is 2.29. The molecule has 0 atom stereocenters. The minimum atomic E-state index is 0.589. The molecule has 0 saturated carbocycles. The van der Waals surface area contributed by atoms with Gasteiger partial charge in [-0.25, -0.2) is 4.98 Å². The molecule has 0 bridgehead atoms. The van der Waals surface area contributed by atoms with Crippen molar-refractivity contribution in [3.05, 3.63) is 59.7 Å². The summed E-state index contributed by atoms with van der Waals surface area (Å²) in [5.74, 6) is 1.65. The van der Waals surface area contributed by atoms with Crippen LogP contribution in [0.15, 0.2) is 42.6 Å². The van der Waals surface area contributed by atoms with Crippen molar-refractivity contribution in [2.45, 2.75) is 26.3 Å². The quantitative estimate of drug-likeness (QED) is 0.672. The molecular formula is C17H18ClN3. The second kappa shape index (κ2) is 6.27. The highest BCUT2D eigenvalue weighted by Gasteiger charge is 2.12. The molecule has 2 heterocycles. The first-order valence-electron chi connectivity index (χ1n) is 7.20. The van der Waals surface area contributed by atoms with Crippen LogP contribution in [0.2, 0.25) is 0 Å². The monoisotopic (exact) mass is 299 g/mol. The molecule has 0 spiro atoms. The van der Waals surface area contributed by atoms with Gasteiger partial charge in [0.05, 0.1) is 11.0 Å². The standard InChI is InChI=1S/C17H18ClN3/c1-13-5-4-7-15-17(13)21(16(20-15)8-10-18)12-9-14-6-2-3-11-19-14/h2-7,11H,8-10,12H2,1H3. The number of hydrogen-bond donors (Lipinski definition) is 0. The number of fused-ring (bicyclic) bond motifs is 1. The minimum Gasteiger partial charge on any atom is -0.327 e. The lowest BCUT2D eigenvalue weighted by Crippen LogP contribution is -2.08. The summed E-state index contributed by atoms with van der Waals surface area (Å²) >= 11 is 5.93. The Labute approximate surface area is 129 Å². The molecule has 0 unspecified atom stereocenters. The van der Waals surface area contributed by atoms with Gasteiger partial charge in [-0.1, -0.05) is 18.2 Å². The summed E-state index contributed by atoms with van der Waals surface area (Å²) in [4.78, 5) is 9.13. The highest BCUT2D eigenvalue weighted by atomic mass is 35.5. The van der Waals surface area contributed by atoms with Gasteiger partial charge < -0.3 is 4.57 Å². The van der Waals surface area contributed by atoms with Crippen LogP contribution in [0, 0.1) is 6.92 Å². The third-order valence-electron chi connectivity index (χ3n) is 3.68. The molecule has 3 rings (SSSR count). The van der Waals surface area contributed by atoms with Crippen LogP contribution in [0.25, 0.3) is 11.0 Å². The molecule has 2 aromatic heterocycles. The lowest BCUT2D eigenvalue weighted by molar-refractivity contribution is 0.665. The van der Waals surface area contributed by atoms with E-state index >= 15 is 0 Å². The Bertz CT molecular complexity index is 734. The van der Waals surface area contributed by atoms with Crippen molar-refractivity contribution in [3.8, 4) is 0 Å². The molecule has 0 N–H and O–H groups in total. The summed E-state index contributed by atoms with van der Waals surface area (Å²) in [6, 6.07) is 12.3. The predicted octanol–water partition coefficient (Wildman–Crippen LogP) is 3.76. The van der Waals surface area contributed by atoms with E-state index in [9.17, 15) is 0 Å². The normalized spacial score (nSPS) is 11.1. The fourth-order valence-electron chi connectivity index (χ4n) is 2.70. The van der Waals surface area contributed by atoms with Crippen molar-refractivity contribution in [1.29, 1.82) is 0 Å². The van der Waals surface area contributed by atoms with Crippen molar-refractivity contribution in [2.24, 2.45) is 0 Å². The first-order chi connectivity index (χ1) is 10.3. The van der Waals surface area contributed by atoms with Crippen LogP contribution in [0.5, 0.6) is 0 Å². The topological polar surface area (TPSA) is 30.7 Å². The van der Waals surface area contributed by atoms with Gasteiger partial charge in [-0.3, -0.25) is 4.98 Å². The van der Waals surface area contributed by atoms with Crippen LogP contribution in [0.4, 0.5) is 0 Å². The Morgan fingerprint density at radius 3 is 2.76 bits per heavy atom. The maximum atomic E-state index is 5.93. The average molecular weight is 300 g/mol. The number of pyridine rings is 1. The fourth-order valence-corrected chi connectivity index (χ4v) is 2.87. The number of hydrogen-bond acceptors (Lipinski definition) is 2. The molecule has 0 aliphatic carbocycles. The molecule has 3 aromatic rings. The number of alkyl halides is 1. The van der Waals surface area contributed by atoms with Crippen molar-refractivity contribution < 1.29 is 0 Å². The van der Waals surface area contributed by atoms with E-state index in [1.165, 1.54) is 11.1 Å². The Kier molecular flexibility index (Phi) is 4.20. The summed E-state index contributed by atoms with van der Waals surface area (Å²) in [5.41, 5.74) is 4.62. The lowest BCUT2D eigenvalue weighted by atomic mass is 10.2. The van der Waals surface area contributed by atoms with Crippen LogP contribution >= 0.6 is 11.6 Å². The van der Waals surface area contributed by atoms with E-state index in [-0.39, 0.29) is 0 Å². The molecule has 1 aromatic carbocycles. The Hall–Kier alpha value is -1.87. The van der Waals surface area contributed by atoms with E-state index < -0.39 is 0 Å². The number of imidazole rings is 1. The van der Waals surface area contributed by atoms with Gasteiger partial charge in [-0.2, -0.15) is 0 Å². The van der Waals surface area contributed by atoms with Crippen molar-refractivity contribution in [3.63, 3.8) is 0 Å². The highest BCUT2D eigenvalue weighted by molar-refractivity contribution is 6.17. The smallest absolute Gasteiger partial charge is 0.111 e. The number of aromatic nitrogens is 3. The van der Waals surface area contributed by atoms with E-state index in [1.807, 2.05) is 18.3 Å². The van der Waals surface area contributed by atoms with Crippen LogP contribution < -0.4 is 0 Å². The Morgan fingerprint density at radius 1 is 1.10 bits per heavy atom. The van der Waals surface area contributed by atoms with E-state index in [0.717, 1.165) is 36.4 Å². The summed E-state index contributed by atoms with van der Waals surface area (Å²) in [5, 5.41) is 0. The predicted molar refractivity (Wildman–Crippen MR) is 86.8 cm³/mol. The van der Waals surface area contributed by atoms with Gasteiger partial charge >= 0.3 is 0 Å². The summed E-state index contributed by atoms with van der Waals surface area (Å²) in [7, 11) is 0. The molecule has 4 heteroatoms. The van der Waals surface area contributed by atoms with Crippen LogP contribution in [0.3, 0.4) is 0 Å². The first kappa shape index (κ1) is 14.1. The SMILES string of the molecule is Cc1cccc2nc(CCCl)n(CCc3ccccn3)c12. The third kappa shape index (κ3) is 2.93. The van der Waals surface area contributed by atoms with Gasteiger partial charge in [-0.05, 0) is 30.7 Å².